The van der Waals surface area contributed by atoms with E-state index in [-0.39, 0.29) is 6.10 Å². The van der Waals surface area contributed by atoms with Crippen molar-refractivity contribution in [2.24, 2.45) is 5.73 Å². The zero-order chi connectivity index (χ0) is 12.5. The maximum Gasteiger partial charge on any atom is 0.161 e. The number of hydrogen-bond donors (Lipinski definition) is 1. The van der Waals surface area contributed by atoms with Crippen LogP contribution >= 0.6 is 0 Å². The number of rotatable bonds is 8. The summed E-state index contributed by atoms with van der Waals surface area (Å²) >= 11 is 0. The maximum atomic E-state index is 5.72. The van der Waals surface area contributed by atoms with E-state index in [1.54, 1.807) is 0 Å². The lowest BCUT2D eigenvalue weighted by Gasteiger charge is -2.14. The Hall–Kier alpha value is -1.22. The molecule has 0 spiro atoms. The van der Waals surface area contributed by atoms with Gasteiger partial charge in [-0.3, -0.25) is 0 Å². The summed E-state index contributed by atoms with van der Waals surface area (Å²) in [5.41, 5.74) is 5.44. The van der Waals surface area contributed by atoms with E-state index in [9.17, 15) is 0 Å². The Morgan fingerprint density at radius 3 is 2.41 bits per heavy atom. The molecule has 1 aromatic rings. The van der Waals surface area contributed by atoms with Crippen LogP contribution in [-0.2, 0) is 0 Å². The van der Waals surface area contributed by atoms with Gasteiger partial charge in [0.05, 0.1) is 12.7 Å². The van der Waals surface area contributed by atoms with E-state index in [1.807, 2.05) is 38.1 Å². The quantitative estimate of drug-likeness (QED) is 0.707. The van der Waals surface area contributed by atoms with Gasteiger partial charge >= 0.3 is 0 Å². The first-order valence-corrected chi connectivity index (χ1v) is 6.32. The van der Waals surface area contributed by atoms with Crippen LogP contribution in [0.25, 0.3) is 0 Å². The molecule has 0 fully saturated rings. The molecule has 0 amide bonds. The van der Waals surface area contributed by atoms with E-state index in [0.717, 1.165) is 43.9 Å². The van der Waals surface area contributed by atoms with Crippen LogP contribution in [0.4, 0.5) is 0 Å². The standard InChI is InChI=1S/C14H23NO2/c1-12(2)17-14-9-5-4-8-13(14)16-11-7-3-6-10-15/h4-5,8-9,12H,3,6-7,10-11,15H2,1-2H3. The highest BCUT2D eigenvalue weighted by Gasteiger charge is 2.05. The lowest BCUT2D eigenvalue weighted by Crippen LogP contribution is -2.08. The van der Waals surface area contributed by atoms with Crippen molar-refractivity contribution >= 4 is 0 Å². The molecule has 3 heteroatoms. The molecule has 0 heterocycles. The fourth-order valence-corrected chi connectivity index (χ4v) is 1.53. The fraction of sp³-hybridized carbons (Fsp3) is 0.571. The molecule has 1 aromatic carbocycles. The van der Waals surface area contributed by atoms with Gasteiger partial charge < -0.3 is 15.2 Å². The first-order valence-electron chi connectivity index (χ1n) is 6.32. The summed E-state index contributed by atoms with van der Waals surface area (Å²) in [6.07, 6.45) is 3.38. The third kappa shape index (κ3) is 5.59. The minimum Gasteiger partial charge on any atom is -0.490 e. The van der Waals surface area contributed by atoms with Crippen molar-refractivity contribution in [1.82, 2.24) is 0 Å². The van der Waals surface area contributed by atoms with E-state index >= 15 is 0 Å². The Bertz CT molecular complexity index is 313. The van der Waals surface area contributed by atoms with E-state index in [1.165, 1.54) is 0 Å². The summed E-state index contributed by atoms with van der Waals surface area (Å²) in [7, 11) is 0. The molecule has 0 bridgehead atoms. The molecule has 0 saturated heterocycles. The Balaban J connectivity index is 2.40. The first-order chi connectivity index (χ1) is 8.24. The number of hydrogen-bond acceptors (Lipinski definition) is 3. The molecule has 96 valence electrons. The van der Waals surface area contributed by atoms with E-state index in [0.29, 0.717) is 0 Å². The van der Waals surface area contributed by atoms with Crippen molar-refractivity contribution in [3.8, 4) is 11.5 Å². The molecule has 0 aromatic heterocycles. The lowest BCUT2D eigenvalue weighted by atomic mass is 10.2. The second-order valence-electron chi connectivity index (χ2n) is 4.31. The molecular weight excluding hydrogens is 214 g/mol. The van der Waals surface area contributed by atoms with Crippen LogP contribution in [0.1, 0.15) is 33.1 Å². The zero-order valence-electron chi connectivity index (χ0n) is 10.8. The summed E-state index contributed by atoms with van der Waals surface area (Å²) in [5, 5.41) is 0. The molecule has 0 atom stereocenters. The largest absolute Gasteiger partial charge is 0.490 e. The van der Waals surface area contributed by atoms with Crippen LogP contribution in [0.5, 0.6) is 11.5 Å². The molecule has 0 saturated carbocycles. The van der Waals surface area contributed by atoms with Crippen molar-refractivity contribution < 1.29 is 9.47 Å². The minimum atomic E-state index is 0.164. The highest BCUT2D eigenvalue weighted by Crippen LogP contribution is 2.27. The average molecular weight is 237 g/mol. The molecular formula is C14H23NO2. The van der Waals surface area contributed by atoms with Crippen LogP contribution in [-0.4, -0.2) is 19.3 Å². The Morgan fingerprint density at radius 2 is 1.76 bits per heavy atom. The van der Waals surface area contributed by atoms with Crippen LogP contribution in [0.3, 0.4) is 0 Å². The summed E-state index contributed by atoms with van der Waals surface area (Å²) in [5.74, 6) is 1.65. The van der Waals surface area contributed by atoms with E-state index < -0.39 is 0 Å². The lowest BCUT2D eigenvalue weighted by molar-refractivity contribution is 0.219. The van der Waals surface area contributed by atoms with Crippen LogP contribution in [0, 0.1) is 0 Å². The van der Waals surface area contributed by atoms with Crippen molar-refractivity contribution in [3.63, 3.8) is 0 Å². The number of ether oxygens (including phenoxy) is 2. The monoisotopic (exact) mass is 237 g/mol. The van der Waals surface area contributed by atoms with Gasteiger partial charge in [-0.25, -0.2) is 0 Å². The molecule has 1 rings (SSSR count). The number of nitrogens with two attached hydrogens (primary N) is 1. The summed E-state index contributed by atoms with van der Waals surface area (Å²) in [6, 6.07) is 7.80. The molecule has 0 aliphatic rings. The van der Waals surface area contributed by atoms with Crippen molar-refractivity contribution in [2.75, 3.05) is 13.2 Å². The Labute approximate surface area is 104 Å². The van der Waals surface area contributed by atoms with Gasteiger partial charge in [0.15, 0.2) is 11.5 Å². The van der Waals surface area contributed by atoms with Crippen LogP contribution in [0.15, 0.2) is 24.3 Å². The number of benzene rings is 1. The zero-order valence-corrected chi connectivity index (χ0v) is 10.8. The van der Waals surface area contributed by atoms with E-state index in [2.05, 4.69) is 0 Å². The van der Waals surface area contributed by atoms with Crippen molar-refractivity contribution in [1.29, 1.82) is 0 Å². The number of para-hydroxylation sites is 2. The topological polar surface area (TPSA) is 44.5 Å². The predicted octanol–water partition coefficient (Wildman–Crippen LogP) is 2.98. The molecule has 17 heavy (non-hydrogen) atoms. The highest BCUT2D eigenvalue weighted by atomic mass is 16.5. The molecule has 0 aliphatic heterocycles. The van der Waals surface area contributed by atoms with Gasteiger partial charge in [-0.15, -0.1) is 0 Å². The molecule has 0 aliphatic carbocycles. The van der Waals surface area contributed by atoms with Gasteiger partial charge in [-0.05, 0) is 51.8 Å². The van der Waals surface area contributed by atoms with Gasteiger partial charge in [-0.2, -0.15) is 0 Å². The third-order valence-corrected chi connectivity index (χ3v) is 2.32. The van der Waals surface area contributed by atoms with Gasteiger partial charge in [0.25, 0.3) is 0 Å². The van der Waals surface area contributed by atoms with Crippen molar-refractivity contribution in [3.05, 3.63) is 24.3 Å². The number of unbranched alkanes of at least 4 members (excludes halogenated alkanes) is 2. The summed E-state index contributed by atoms with van der Waals surface area (Å²) < 4.78 is 11.4. The van der Waals surface area contributed by atoms with E-state index in [4.69, 9.17) is 15.2 Å². The molecule has 3 nitrogen and oxygen atoms in total. The summed E-state index contributed by atoms with van der Waals surface area (Å²) in [6.45, 7) is 5.50. The molecule has 0 radical (unpaired) electrons. The SMILES string of the molecule is CC(C)Oc1ccccc1OCCCCCN. The minimum absolute atomic E-state index is 0.164. The third-order valence-electron chi connectivity index (χ3n) is 2.32. The van der Waals surface area contributed by atoms with Crippen LogP contribution in [0.2, 0.25) is 0 Å². The predicted molar refractivity (Wildman–Crippen MR) is 70.6 cm³/mol. The van der Waals surface area contributed by atoms with Gasteiger partial charge in [0.2, 0.25) is 0 Å². The highest BCUT2D eigenvalue weighted by molar-refractivity contribution is 5.39. The first kappa shape index (κ1) is 13.8. The van der Waals surface area contributed by atoms with Crippen LogP contribution < -0.4 is 15.2 Å². The second kappa shape index (κ2) is 7.96. The Morgan fingerprint density at radius 1 is 1.06 bits per heavy atom. The van der Waals surface area contributed by atoms with Gasteiger partial charge in [0, 0.05) is 0 Å². The average Bonchev–Trinajstić information content (AvgIpc) is 2.30. The summed E-state index contributed by atoms with van der Waals surface area (Å²) in [4.78, 5) is 0. The molecule has 2 N–H and O–H groups in total. The maximum absolute atomic E-state index is 5.72. The van der Waals surface area contributed by atoms with Gasteiger partial charge in [-0.1, -0.05) is 12.1 Å². The Kier molecular flexibility index (Phi) is 6.48. The van der Waals surface area contributed by atoms with Crippen molar-refractivity contribution in [2.45, 2.75) is 39.2 Å². The smallest absolute Gasteiger partial charge is 0.161 e. The normalized spacial score (nSPS) is 10.6. The second-order valence-corrected chi connectivity index (χ2v) is 4.31. The van der Waals surface area contributed by atoms with Gasteiger partial charge in [0.1, 0.15) is 0 Å². The molecule has 0 unspecified atom stereocenters. The fourth-order valence-electron chi connectivity index (χ4n) is 1.53.